The third kappa shape index (κ3) is 2.88. The number of carbonyl (C=O) groups is 1. The van der Waals surface area contributed by atoms with Crippen LogP contribution in [0.3, 0.4) is 0 Å². The lowest BCUT2D eigenvalue weighted by atomic mass is 10.0. The number of aromatic nitrogens is 3. The van der Waals surface area contributed by atoms with Gasteiger partial charge in [0.15, 0.2) is 0 Å². The van der Waals surface area contributed by atoms with Gasteiger partial charge in [0.05, 0.1) is 17.6 Å². The zero-order valence-corrected chi connectivity index (χ0v) is 14.8. The van der Waals surface area contributed by atoms with Crippen LogP contribution in [0.5, 0.6) is 0 Å². The maximum absolute atomic E-state index is 13.6. The number of nitrogens with zero attached hydrogens (tertiary/aromatic N) is 3. The predicted molar refractivity (Wildman–Crippen MR) is 94.3 cm³/mol. The Hall–Kier alpha value is -3.36. The Balaban J connectivity index is 1.96. The zero-order chi connectivity index (χ0) is 20.2. The van der Waals surface area contributed by atoms with E-state index in [-0.39, 0.29) is 23.0 Å². The molecule has 3 aromatic heterocycles. The highest BCUT2D eigenvalue weighted by molar-refractivity contribution is 6.09. The summed E-state index contributed by atoms with van der Waals surface area (Å²) in [6, 6.07) is 5.09. The van der Waals surface area contributed by atoms with Crippen molar-refractivity contribution in [2.45, 2.75) is 26.6 Å². The first-order valence-corrected chi connectivity index (χ1v) is 8.30. The van der Waals surface area contributed by atoms with Crippen molar-refractivity contribution in [3.05, 3.63) is 58.7 Å². The van der Waals surface area contributed by atoms with E-state index in [2.05, 4.69) is 10.1 Å². The summed E-state index contributed by atoms with van der Waals surface area (Å²) in [6.45, 7) is 3.87. The SMILES string of the molecule is Cc1ccc(Cn2cc3c(C)cc4oc(C(=O)O)c(C(F)(F)F)c4c3n2)nc1. The van der Waals surface area contributed by atoms with Crippen LogP contribution in [0.1, 0.15) is 32.9 Å². The van der Waals surface area contributed by atoms with E-state index in [4.69, 9.17) is 9.52 Å². The highest BCUT2D eigenvalue weighted by Crippen LogP contribution is 2.42. The van der Waals surface area contributed by atoms with Crippen LogP contribution in [0.4, 0.5) is 13.2 Å². The second-order valence-electron chi connectivity index (χ2n) is 6.59. The van der Waals surface area contributed by atoms with E-state index in [1.807, 2.05) is 19.1 Å². The Bertz CT molecular complexity index is 1220. The van der Waals surface area contributed by atoms with Crippen LogP contribution in [0.15, 0.2) is 35.0 Å². The molecular weight excluding hydrogens is 375 g/mol. The number of furan rings is 1. The number of aromatic carboxylic acids is 1. The summed E-state index contributed by atoms with van der Waals surface area (Å²) in [5, 5.41) is 13.6. The summed E-state index contributed by atoms with van der Waals surface area (Å²) in [5.41, 5.74) is 0.881. The van der Waals surface area contributed by atoms with Crippen LogP contribution in [0.25, 0.3) is 21.9 Å². The number of rotatable bonds is 3. The minimum atomic E-state index is -4.90. The predicted octanol–water partition coefficient (Wildman–Crippen LogP) is 4.56. The van der Waals surface area contributed by atoms with Crippen molar-refractivity contribution in [3.8, 4) is 0 Å². The molecule has 1 aromatic carbocycles. The average molecular weight is 389 g/mol. The van der Waals surface area contributed by atoms with Crippen molar-refractivity contribution < 1.29 is 27.5 Å². The number of fused-ring (bicyclic) bond motifs is 3. The van der Waals surface area contributed by atoms with E-state index in [1.54, 1.807) is 19.3 Å². The molecule has 0 saturated heterocycles. The first-order valence-electron chi connectivity index (χ1n) is 8.30. The molecule has 0 spiro atoms. The molecule has 0 bridgehead atoms. The lowest BCUT2D eigenvalue weighted by Gasteiger charge is -2.05. The van der Waals surface area contributed by atoms with Crippen molar-refractivity contribution in [2.75, 3.05) is 0 Å². The number of benzene rings is 1. The standard InChI is InChI=1S/C19H14F3N3O3/c1-9-3-4-11(23-6-9)7-25-8-12-10(2)5-13-14(16(12)24-25)15(19(20,21)22)17(28-13)18(26)27/h3-6,8H,7H2,1-2H3,(H,26,27). The number of hydrogen-bond donors (Lipinski definition) is 1. The topological polar surface area (TPSA) is 81.2 Å². The minimum absolute atomic E-state index is 0.0469. The van der Waals surface area contributed by atoms with Gasteiger partial charge in [-0.3, -0.25) is 9.67 Å². The fraction of sp³-hybridized carbons (Fsp3) is 0.211. The highest BCUT2D eigenvalue weighted by Gasteiger charge is 2.42. The van der Waals surface area contributed by atoms with Crippen LogP contribution in [-0.4, -0.2) is 25.8 Å². The van der Waals surface area contributed by atoms with Crippen molar-refractivity contribution in [3.63, 3.8) is 0 Å². The fourth-order valence-corrected chi connectivity index (χ4v) is 3.21. The molecule has 6 nitrogen and oxygen atoms in total. The molecule has 9 heteroatoms. The lowest BCUT2D eigenvalue weighted by Crippen LogP contribution is -2.10. The largest absolute Gasteiger partial charge is 0.475 e. The van der Waals surface area contributed by atoms with Gasteiger partial charge in [-0.15, -0.1) is 0 Å². The van der Waals surface area contributed by atoms with Gasteiger partial charge in [-0.25, -0.2) is 4.79 Å². The number of hydrogen-bond acceptors (Lipinski definition) is 4. The van der Waals surface area contributed by atoms with E-state index >= 15 is 0 Å². The van der Waals surface area contributed by atoms with Gasteiger partial charge in [0.2, 0.25) is 5.76 Å². The summed E-state index contributed by atoms with van der Waals surface area (Å²) < 4.78 is 47.4. The molecule has 144 valence electrons. The Morgan fingerprint density at radius 3 is 2.64 bits per heavy atom. The Labute approximate surface area is 156 Å². The van der Waals surface area contributed by atoms with Crippen molar-refractivity contribution in [1.82, 2.24) is 14.8 Å². The van der Waals surface area contributed by atoms with Gasteiger partial charge in [-0.05, 0) is 37.1 Å². The third-order valence-electron chi connectivity index (χ3n) is 4.48. The summed E-state index contributed by atoms with van der Waals surface area (Å²) in [7, 11) is 0. The number of pyridine rings is 1. The van der Waals surface area contributed by atoms with Crippen LogP contribution >= 0.6 is 0 Å². The quantitative estimate of drug-likeness (QED) is 0.556. The normalized spacial score (nSPS) is 12.2. The maximum atomic E-state index is 13.6. The molecule has 0 aliphatic rings. The van der Waals surface area contributed by atoms with Crippen LogP contribution in [0, 0.1) is 13.8 Å². The molecule has 0 atom stereocenters. The molecule has 0 radical (unpaired) electrons. The molecule has 1 N–H and O–H groups in total. The van der Waals surface area contributed by atoms with E-state index < -0.39 is 23.5 Å². The summed E-state index contributed by atoms with van der Waals surface area (Å²) in [6.07, 6.45) is -1.58. The Morgan fingerprint density at radius 1 is 1.29 bits per heavy atom. The van der Waals surface area contributed by atoms with Crippen LogP contribution in [0.2, 0.25) is 0 Å². The molecule has 0 fully saturated rings. The fourth-order valence-electron chi connectivity index (χ4n) is 3.21. The summed E-state index contributed by atoms with van der Waals surface area (Å²) in [4.78, 5) is 15.6. The van der Waals surface area contributed by atoms with Gasteiger partial charge < -0.3 is 9.52 Å². The molecule has 28 heavy (non-hydrogen) atoms. The molecule has 0 saturated carbocycles. The molecule has 4 aromatic rings. The minimum Gasteiger partial charge on any atom is -0.475 e. The van der Waals surface area contributed by atoms with E-state index in [1.165, 1.54) is 10.7 Å². The maximum Gasteiger partial charge on any atom is 0.421 e. The highest BCUT2D eigenvalue weighted by atomic mass is 19.4. The number of carboxylic acid groups (broad SMARTS) is 1. The second-order valence-corrected chi connectivity index (χ2v) is 6.59. The smallest absolute Gasteiger partial charge is 0.421 e. The van der Waals surface area contributed by atoms with Gasteiger partial charge in [-0.2, -0.15) is 18.3 Å². The van der Waals surface area contributed by atoms with Crippen LogP contribution < -0.4 is 0 Å². The molecule has 4 rings (SSSR count). The Kier molecular flexibility index (Phi) is 3.91. The lowest BCUT2D eigenvalue weighted by molar-refractivity contribution is -0.137. The molecule has 0 amide bonds. The van der Waals surface area contributed by atoms with Crippen LogP contribution in [-0.2, 0) is 12.7 Å². The number of alkyl halides is 3. The summed E-state index contributed by atoms with van der Waals surface area (Å²) in [5.74, 6) is -2.92. The molecule has 0 unspecified atom stereocenters. The molecule has 0 aliphatic heterocycles. The van der Waals surface area contributed by atoms with E-state index in [0.717, 1.165) is 5.56 Å². The molecule has 3 heterocycles. The van der Waals surface area contributed by atoms with Gasteiger partial charge in [-0.1, -0.05) is 6.07 Å². The number of aryl methyl sites for hydroxylation is 2. The number of carboxylic acids is 1. The first-order chi connectivity index (χ1) is 13.1. The van der Waals surface area contributed by atoms with Gasteiger partial charge in [0.1, 0.15) is 16.7 Å². The van der Waals surface area contributed by atoms with Gasteiger partial charge >= 0.3 is 12.1 Å². The van der Waals surface area contributed by atoms with E-state index in [0.29, 0.717) is 16.6 Å². The number of halogens is 3. The van der Waals surface area contributed by atoms with Crippen molar-refractivity contribution in [1.29, 1.82) is 0 Å². The van der Waals surface area contributed by atoms with Crippen molar-refractivity contribution in [2.24, 2.45) is 0 Å². The summed E-state index contributed by atoms with van der Waals surface area (Å²) >= 11 is 0. The first kappa shape index (κ1) is 18.0. The molecular formula is C19H14F3N3O3. The van der Waals surface area contributed by atoms with Crippen molar-refractivity contribution >= 4 is 27.8 Å². The average Bonchev–Trinajstić information content (AvgIpc) is 3.18. The third-order valence-corrected chi connectivity index (χ3v) is 4.48. The molecule has 0 aliphatic carbocycles. The second kappa shape index (κ2) is 6.08. The Morgan fingerprint density at radius 2 is 2.04 bits per heavy atom. The monoisotopic (exact) mass is 389 g/mol. The van der Waals surface area contributed by atoms with Gasteiger partial charge in [0, 0.05) is 17.8 Å². The van der Waals surface area contributed by atoms with E-state index in [9.17, 15) is 18.0 Å². The zero-order valence-electron chi connectivity index (χ0n) is 14.8. The van der Waals surface area contributed by atoms with Gasteiger partial charge in [0.25, 0.3) is 0 Å².